The Morgan fingerprint density at radius 2 is 2.00 bits per heavy atom. The van der Waals surface area contributed by atoms with Crippen LogP contribution in [0.5, 0.6) is 0 Å². The Balaban J connectivity index is 2.26. The molecule has 20 heavy (non-hydrogen) atoms. The maximum atomic E-state index is 12.3. The summed E-state index contributed by atoms with van der Waals surface area (Å²) in [4.78, 5) is 34.5. The molecule has 2 unspecified atom stereocenters. The predicted molar refractivity (Wildman–Crippen MR) is 73.5 cm³/mol. The van der Waals surface area contributed by atoms with E-state index < -0.39 is 12.1 Å². The maximum Gasteiger partial charge on any atom is 0.245 e. The Morgan fingerprint density at radius 1 is 1.30 bits per heavy atom. The number of piperazine rings is 1. The first kappa shape index (κ1) is 14.4. The van der Waals surface area contributed by atoms with E-state index in [-0.39, 0.29) is 17.7 Å². The lowest BCUT2D eigenvalue weighted by Crippen LogP contribution is -2.63. The van der Waals surface area contributed by atoms with Gasteiger partial charge in [-0.05, 0) is 19.8 Å². The molecular weight excluding hydrogens is 256 g/mol. The molecule has 2 heterocycles. The number of carbonyl (C=O) groups is 2. The summed E-state index contributed by atoms with van der Waals surface area (Å²) in [6.07, 6.45) is 3.31. The van der Waals surface area contributed by atoms with Gasteiger partial charge in [0, 0.05) is 6.20 Å². The van der Waals surface area contributed by atoms with Crippen LogP contribution in [0.25, 0.3) is 0 Å². The minimum atomic E-state index is -0.490. The molecule has 1 aromatic rings. The third kappa shape index (κ3) is 2.79. The summed E-state index contributed by atoms with van der Waals surface area (Å²) < 4.78 is 0. The number of amides is 2. The van der Waals surface area contributed by atoms with E-state index in [1.165, 1.54) is 0 Å². The van der Waals surface area contributed by atoms with Crippen LogP contribution in [0.2, 0.25) is 0 Å². The van der Waals surface area contributed by atoms with Crippen molar-refractivity contribution in [3.63, 3.8) is 0 Å². The van der Waals surface area contributed by atoms with E-state index in [0.29, 0.717) is 12.2 Å². The van der Waals surface area contributed by atoms with Crippen LogP contribution >= 0.6 is 0 Å². The molecule has 2 rings (SSSR count). The molecule has 0 saturated carbocycles. The Kier molecular flexibility index (Phi) is 4.01. The Hall–Kier alpha value is -1.98. The number of nitrogens with one attached hydrogen (secondary N) is 1. The van der Waals surface area contributed by atoms with Gasteiger partial charge in [-0.2, -0.15) is 0 Å². The van der Waals surface area contributed by atoms with Gasteiger partial charge in [0.1, 0.15) is 12.1 Å². The number of hydrogen-bond donors (Lipinski definition) is 1. The zero-order chi connectivity index (χ0) is 14.9. The minimum absolute atomic E-state index is 0.0462. The van der Waals surface area contributed by atoms with Crippen molar-refractivity contribution in [1.29, 1.82) is 0 Å². The summed E-state index contributed by atoms with van der Waals surface area (Å²) in [5, 5.41) is 2.72. The fourth-order valence-corrected chi connectivity index (χ4v) is 2.40. The summed E-state index contributed by atoms with van der Waals surface area (Å²) in [5.74, 6) is -0.136. The summed E-state index contributed by atoms with van der Waals surface area (Å²) >= 11 is 0. The lowest BCUT2D eigenvalue weighted by molar-refractivity contribution is -0.151. The zero-order valence-corrected chi connectivity index (χ0v) is 12.3. The Labute approximate surface area is 118 Å². The molecule has 1 fully saturated rings. The lowest BCUT2D eigenvalue weighted by Gasteiger charge is -2.39. The highest BCUT2D eigenvalue weighted by Crippen LogP contribution is 2.19. The number of carbonyl (C=O) groups excluding carboxylic acids is 2. The van der Waals surface area contributed by atoms with Crippen LogP contribution in [-0.4, -0.2) is 38.8 Å². The smallest absolute Gasteiger partial charge is 0.245 e. The third-order valence-corrected chi connectivity index (χ3v) is 3.41. The molecule has 2 amide bonds. The van der Waals surface area contributed by atoms with Crippen LogP contribution in [0.1, 0.15) is 32.2 Å². The van der Waals surface area contributed by atoms with Gasteiger partial charge in [-0.25, -0.2) is 0 Å². The van der Waals surface area contributed by atoms with E-state index in [1.54, 1.807) is 24.2 Å². The SMILES string of the molecule is Cc1cnc(CN2C(=O)C(C)NC(=O)C2C(C)C)cn1. The molecule has 108 valence electrons. The van der Waals surface area contributed by atoms with E-state index >= 15 is 0 Å². The normalized spacial score (nSPS) is 23.1. The van der Waals surface area contributed by atoms with Gasteiger partial charge in [0.05, 0.1) is 24.1 Å². The molecule has 0 bridgehead atoms. The number of aromatic nitrogens is 2. The largest absolute Gasteiger partial charge is 0.343 e. The molecule has 0 spiro atoms. The van der Waals surface area contributed by atoms with E-state index in [9.17, 15) is 9.59 Å². The molecule has 1 aromatic heterocycles. The first-order chi connectivity index (χ1) is 9.40. The first-order valence-corrected chi connectivity index (χ1v) is 6.78. The average molecular weight is 276 g/mol. The van der Waals surface area contributed by atoms with Crippen molar-refractivity contribution in [2.24, 2.45) is 5.92 Å². The molecule has 6 heteroatoms. The topological polar surface area (TPSA) is 75.2 Å². The monoisotopic (exact) mass is 276 g/mol. The summed E-state index contributed by atoms with van der Waals surface area (Å²) in [6, 6.07) is -0.947. The van der Waals surface area contributed by atoms with Crippen LogP contribution in [-0.2, 0) is 16.1 Å². The van der Waals surface area contributed by atoms with Crippen LogP contribution in [0, 0.1) is 12.8 Å². The van der Waals surface area contributed by atoms with Crippen molar-refractivity contribution in [1.82, 2.24) is 20.2 Å². The highest BCUT2D eigenvalue weighted by molar-refractivity contribution is 5.96. The highest BCUT2D eigenvalue weighted by atomic mass is 16.2. The molecule has 1 N–H and O–H groups in total. The second kappa shape index (κ2) is 5.56. The molecule has 0 radical (unpaired) electrons. The Bertz CT molecular complexity index is 512. The average Bonchev–Trinajstić information content (AvgIpc) is 2.37. The first-order valence-electron chi connectivity index (χ1n) is 6.78. The Morgan fingerprint density at radius 3 is 2.55 bits per heavy atom. The van der Waals surface area contributed by atoms with Gasteiger partial charge in [0.15, 0.2) is 0 Å². The van der Waals surface area contributed by atoms with Crippen molar-refractivity contribution in [2.75, 3.05) is 0 Å². The van der Waals surface area contributed by atoms with Crippen LogP contribution in [0.15, 0.2) is 12.4 Å². The molecule has 1 aliphatic heterocycles. The number of nitrogens with zero attached hydrogens (tertiary/aromatic N) is 3. The van der Waals surface area contributed by atoms with Crippen LogP contribution in [0.3, 0.4) is 0 Å². The van der Waals surface area contributed by atoms with Crippen molar-refractivity contribution >= 4 is 11.8 Å². The van der Waals surface area contributed by atoms with Gasteiger partial charge < -0.3 is 10.2 Å². The van der Waals surface area contributed by atoms with Crippen molar-refractivity contribution < 1.29 is 9.59 Å². The molecule has 2 atom stereocenters. The van der Waals surface area contributed by atoms with E-state index in [4.69, 9.17) is 0 Å². The van der Waals surface area contributed by atoms with Crippen molar-refractivity contribution in [3.8, 4) is 0 Å². The van der Waals surface area contributed by atoms with Gasteiger partial charge in [-0.1, -0.05) is 13.8 Å². The second-order valence-electron chi connectivity index (χ2n) is 5.53. The van der Waals surface area contributed by atoms with E-state index in [0.717, 1.165) is 5.69 Å². The number of aryl methyl sites for hydroxylation is 1. The standard InChI is InChI=1S/C14H20N4O2/c1-8(2)12-13(19)17-10(4)14(20)18(12)7-11-6-15-9(3)5-16-11/h5-6,8,10,12H,7H2,1-4H3,(H,17,19). The highest BCUT2D eigenvalue weighted by Gasteiger charge is 2.40. The summed E-state index contributed by atoms with van der Waals surface area (Å²) in [7, 11) is 0. The lowest BCUT2D eigenvalue weighted by atomic mass is 9.97. The van der Waals surface area contributed by atoms with E-state index in [2.05, 4.69) is 15.3 Å². The summed E-state index contributed by atoms with van der Waals surface area (Å²) in [5.41, 5.74) is 1.52. The second-order valence-corrected chi connectivity index (χ2v) is 5.53. The minimum Gasteiger partial charge on any atom is -0.343 e. The van der Waals surface area contributed by atoms with Crippen molar-refractivity contribution in [3.05, 3.63) is 23.8 Å². The fraction of sp³-hybridized carbons (Fsp3) is 0.571. The van der Waals surface area contributed by atoms with Gasteiger partial charge in [0.2, 0.25) is 11.8 Å². The molecule has 1 aliphatic rings. The predicted octanol–water partition coefficient (Wildman–Crippen LogP) is 0.657. The van der Waals surface area contributed by atoms with Gasteiger partial charge in [-0.3, -0.25) is 19.6 Å². The van der Waals surface area contributed by atoms with Gasteiger partial charge in [0.25, 0.3) is 0 Å². The van der Waals surface area contributed by atoms with Crippen LogP contribution in [0.4, 0.5) is 0 Å². The third-order valence-electron chi connectivity index (χ3n) is 3.41. The fourth-order valence-electron chi connectivity index (χ4n) is 2.40. The molecule has 0 aromatic carbocycles. The maximum absolute atomic E-state index is 12.3. The molecule has 6 nitrogen and oxygen atoms in total. The molecular formula is C14H20N4O2. The zero-order valence-electron chi connectivity index (χ0n) is 12.3. The molecule has 0 aliphatic carbocycles. The van der Waals surface area contributed by atoms with Gasteiger partial charge in [-0.15, -0.1) is 0 Å². The van der Waals surface area contributed by atoms with E-state index in [1.807, 2.05) is 20.8 Å². The number of rotatable bonds is 3. The quantitative estimate of drug-likeness (QED) is 0.880. The summed E-state index contributed by atoms with van der Waals surface area (Å²) in [6.45, 7) is 7.73. The van der Waals surface area contributed by atoms with Crippen LogP contribution < -0.4 is 5.32 Å². The molecule has 1 saturated heterocycles. The van der Waals surface area contributed by atoms with Crippen molar-refractivity contribution in [2.45, 2.75) is 46.3 Å². The van der Waals surface area contributed by atoms with Gasteiger partial charge >= 0.3 is 0 Å². The number of hydrogen-bond acceptors (Lipinski definition) is 4.